The van der Waals surface area contributed by atoms with Crippen molar-refractivity contribution in [2.45, 2.75) is 110 Å². The molecule has 0 aromatic heterocycles. The Morgan fingerprint density at radius 3 is 1.85 bits per heavy atom. The summed E-state index contributed by atoms with van der Waals surface area (Å²) < 4.78 is 31.8. The first-order valence-corrected chi connectivity index (χ1v) is 14.0. The summed E-state index contributed by atoms with van der Waals surface area (Å²) in [5.74, 6) is -0.954. The highest BCUT2D eigenvalue weighted by Crippen LogP contribution is 2.43. The summed E-state index contributed by atoms with van der Waals surface area (Å²) in [7, 11) is -4.57. The van der Waals surface area contributed by atoms with Crippen LogP contribution in [0.5, 0.6) is 0 Å². The van der Waals surface area contributed by atoms with Crippen LogP contribution >= 0.6 is 7.82 Å². The van der Waals surface area contributed by atoms with Gasteiger partial charge in [0, 0.05) is 12.8 Å². The minimum Gasteiger partial charge on any atom is -0.462 e. The van der Waals surface area contributed by atoms with E-state index in [0.29, 0.717) is 12.8 Å². The molecule has 0 rings (SSSR count). The van der Waals surface area contributed by atoms with E-state index in [0.717, 1.165) is 38.5 Å². The van der Waals surface area contributed by atoms with Gasteiger partial charge in [-0.15, -0.1) is 0 Å². The lowest BCUT2D eigenvalue weighted by atomic mass is 10.1. The number of carbonyl (C=O) groups excluding carboxylic acids is 2. The highest BCUT2D eigenvalue weighted by molar-refractivity contribution is 7.47. The second kappa shape index (κ2) is 21.3. The molecule has 0 aromatic carbocycles. The summed E-state index contributed by atoms with van der Waals surface area (Å²) in [6, 6.07) is 0. The van der Waals surface area contributed by atoms with Crippen LogP contribution in [0.2, 0.25) is 0 Å². The predicted molar refractivity (Wildman–Crippen MR) is 127 cm³/mol. The van der Waals surface area contributed by atoms with E-state index in [-0.39, 0.29) is 19.4 Å². The maximum absolute atomic E-state index is 12.1. The Morgan fingerprint density at radius 2 is 1.26 bits per heavy atom. The Kier molecular flexibility index (Phi) is 20.6. The number of aliphatic hydroxyl groups excluding tert-OH is 2. The molecule has 34 heavy (non-hydrogen) atoms. The Morgan fingerprint density at radius 1 is 0.765 bits per heavy atom. The normalized spacial score (nSPS) is 14.9. The summed E-state index contributed by atoms with van der Waals surface area (Å²) in [4.78, 5) is 33.9. The second-order valence-electron chi connectivity index (χ2n) is 8.37. The molecule has 10 nitrogen and oxygen atoms in total. The Hall–Kier alpha value is -1.03. The van der Waals surface area contributed by atoms with Gasteiger partial charge in [0.05, 0.1) is 19.8 Å². The number of phosphoric ester groups is 1. The Balaban J connectivity index is 4.53. The van der Waals surface area contributed by atoms with Gasteiger partial charge in [-0.05, 0) is 12.8 Å². The molecule has 0 amide bonds. The van der Waals surface area contributed by atoms with Gasteiger partial charge in [0.25, 0.3) is 0 Å². The largest absolute Gasteiger partial charge is 0.472 e. The van der Waals surface area contributed by atoms with Crippen LogP contribution in [-0.2, 0) is 32.7 Å². The van der Waals surface area contributed by atoms with Crippen LogP contribution in [-0.4, -0.2) is 65.7 Å². The van der Waals surface area contributed by atoms with Crippen molar-refractivity contribution in [2.24, 2.45) is 0 Å². The SMILES string of the molecule is CCCCCCCCCC(=O)OC[C@@H](COP(=O)(O)OC[C@H](O)CO)OC(=O)CCCCCC. The van der Waals surface area contributed by atoms with E-state index in [1.54, 1.807) is 0 Å². The molecule has 0 fully saturated rings. The van der Waals surface area contributed by atoms with Crippen LogP contribution in [0.4, 0.5) is 0 Å². The quantitative estimate of drug-likeness (QED) is 0.104. The van der Waals surface area contributed by atoms with Crippen LogP contribution in [0.1, 0.15) is 97.3 Å². The zero-order valence-corrected chi connectivity index (χ0v) is 21.7. The molecule has 0 bridgehead atoms. The molecule has 0 aliphatic heterocycles. The topological polar surface area (TPSA) is 149 Å². The van der Waals surface area contributed by atoms with E-state index in [1.165, 1.54) is 19.3 Å². The number of ether oxygens (including phenoxy) is 2. The molecule has 0 spiro atoms. The number of rotatable bonds is 23. The van der Waals surface area contributed by atoms with E-state index < -0.39 is 51.8 Å². The molecule has 0 saturated heterocycles. The first-order valence-electron chi connectivity index (χ1n) is 12.5. The van der Waals surface area contributed by atoms with E-state index in [1.807, 2.05) is 0 Å². The molecule has 202 valence electrons. The number of aliphatic hydroxyl groups is 2. The summed E-state index contributed by atoms with van der Waals surface area (Å²) in [6.45, 7) is 2.11. The van der Waals surface area contributed by atoms with Crippen molar-refractivity contribution in [2.75, 3.05) is 26.4 Å². The molecule has 0 saturated carbocycles. The maximum Gasteiger partial charge on any atom is 0.472 e. The summed E-state index contributed by atoms with van der Waals surface area (Å²) in [5, 5.41) is 18.0. The molecule has 1 unspecified atom stereocenters. The van der Waals surface area contributed by atoms with Crippen molar-refractivity contribution in [1.82, 2.24) is 0 Å². The van der Waals surface area contributed by atoms with Crippen molar-refractivity contribution in [3.63, 3.8) is 0 Å². The van der Waals surface area contributed by atoms with Crippen LogP contribution in [0.25, 0.3) is 0 Å². The van der Waals surface area contributed by atoms with Gasteiger partial charge in [0.2, 0.25) is 0 Å². The van der Waals surface area contributed by atoms with Gasteiger partial charge >= 0.3 is 19.8 Å². The fourth-order valence-electron chi connectivity index (χ4n) is 2.99. The highest BCUT2D eigenvalue weighted by Gasteiger charge is 2.27. The monoisotopic (exact) mass is 512 g/mol. The van der Waals surface area contributed by atoms with Crippen molar-refractivity contribution in [1.29, 1.82) is 0 Å². The van der Waals surface area contributed by atoms with Gasteiger partial charge in [-0.2, -0.15) is 0 Å². The predicted octanol–water partition coefficient (Wildman–Crippen LogP) is 4.04. The van der Waals surface area contributed by atoms with Crippen LogP contribution < -0.4 is 0 Å². The first-order chi connectivity index (χ1) is 16.2. The van der Waals surface area contributed by atoms with E-state index in [9.17, 15) is 24.2 Å². The molecular weight excluding hydrogens is 467 g/mol. The molecular formula is C23H45O10P. The van der Waals surface area contributed by atoms with Crippen LogP contribution in [0.3, 0.4) is 0 Å². The van der Waals surface area contributed by atoms with Gasteiger partial charge in [-0.25, -0.2) is 4.57 Å². The van der Waals surface area contributed by atoms with Crippen molar-refractivity contribution in [3.8, 4) is 0 Å². The Bertz CT molecular complexity index is 572. The van der Waals surface area contributed by atoms with Crippen molar-refractivity contribution >= 4 is 19.8 Å². The number of carbonyl (C=O) groups is 2. The molecule has 0 aromatic rings. The molecule has 11 heteroatoms. The third-order valence-electron chi connectivity index (χ3n) is 5.01. The van der Waals surface area contributed by atoms with E-state index in [2.05, 4.69) is 18.4 Å². The number of hydrogen-bond acceptors (Lipinski definition) is 9. The zero-order valence-electron chi connectivity index (χ0n) is 20.8. The molecule has 3 N–H and O–H groups in total. The van der Waals surface area contributed by atoms with E-state index >= 15 is 0 Å². The third-order valence-corrected chi connectivity index (χ3v) is 5.96. The van der Waals surface area contributed by atoms with Crippen LogP contribution in [0, 0.1) is 0 Å². The minimum absolute atomic E-state index is 0.179. The van der Waals surface area contributed by atoms with Gasteiger partial charge in [0.15, 0.2) is 6.10 Å². The number of unbranched alkanes of at least 4 members (excludes halogenated alkanes) is 9. The molecule has 3 atom stereocenters. The van der Waals surface area contributed by atoms with Gasteiger partial charge < -0.3 is 24.6 Å². The Labute approximate surface area is 203 Å². The fourth-order valence-corrected chi connectivity index (χ4v) is 3.78. The van der Waals surface area contributed by atoms with Gasteiger partial charge in [-0.1, -0.05) is 71.6 Å². The fraction of sp³-hybridized carbons (Fsp3) is 0.913. The number of phosphoric acid groups is 1. The van der Waals surface area contributed by atoms with Gasteiger partial charge in [0.1, 0.15) is 12.7 Å². The van der Waals surface area contributed by atoms with Gasteiger partial charge in [-0.3, -0.25) is 18.6 Å². The lowest BCUT2D eigenvalue weighted by Crippen LogP contribution is -2.29. The third kappa shape index (κ3) is 20.4. The molecule has 0 aliphatic rings. The number of esters is 2. The average Bonchev–Trinajstić information content (AvgIpc) is 2.81. The molecule has 0 aliphatic carbocycles. The first kappa shape index (κ1) is 33.0. The highest BCUT2D eigenvalue weighted by atomic mass is 31.2. The minimum atomic E-state index is -4.57. The van der Waals surface area contributed by atoms with Crippen molar-refractivity contribution < 1.29 is 47.8 Å². The standard InChI is InChI=1S/C23H45O10P/c1-3-5-7-9-10-11-13-14-22(26)30-18-21(33-23(27)15-12-8-6-4-2)19-32-34(28,29)31-17-20(25)16-24/h20-21,24-25H,3-19H2,1-2H3,(H,28,29)/t20-,21+/m1/s1. The molecule has 0 heterocycles. The average molecular weight is 513 g/mol. The lowest BCUT2D eigenvalue weighted by molar-refractivity contribution is -0.161. The zero-order chi connectivity index (χ0) is 25.7. The molecule has 0 radical (unpaired) electrons. The summed E-state index contributed by atoms with van der Waals surface area (Å²) in [5.41, 5.74) is 0. The smallest absolute Gasteiger partial charge is 0.462 e. The van der Waals surface area contributed by atoms with Crippen molar-refractivity contribution in [3.05, 3.63) is 0 Å². The lowest BCUT2D eigenvalue weighted by Gasteiger charge is -2.20. The maximum atomic E-state index is 12.1. The number of hydrogen-bond donors (Lipinski definition) is 3. The second-order valence-corrected chi connectivity index (χ2v) is 9.83. The summed E-state index contributed by atoms with van der Waals surface area (Å²) >= 11 is 0. The van der Waals surface area contributed by atoms with Crippen LogP contribution in [0.15, 0.2) is 0 Å². The summed E-state index contributed by atoms with van der Waals surface area (Å²) in [6.07, 6.45) is 9.01. The van der Waals surface area contributed by atoms with E-state index in [4.69, 9.17) is 19.1 Å².